The minimum absolute atomic E-state index is 0.0820. The molecule has 8 heteroatoms. The van der Waals surface area contributed by atoms with Crippen LogP contribution in [0.25, 0.3) is 26.1 Å². The summed E-state index contributed by atoms with van der Waals surface area (Å²) in [7, 11) is 1.32. The number of benzene rings is 3. The molecule has 1 N–H and O–H groups in total. The fraction of sp³-hybridized carbons (Fsp3) is 0.120. The summed E-state index contributed by atoms with van der Waals surface area (Å²) in [4.78, 5) is 34.9. The molecule has 0 unspecified atom stereocenters. The molecule has 0 saturated heterocycles. The van der Waals surface area contributed by atoms with Gasteiger partial charge in [-0.05, 0) is 30.5 Å². The number of nitrogens with one attached hydrogen (secondary N) is 1. The van der Waals surface area contributed by atoms with Gasteiger partial charge in [-0.1, -0.05) is 59.9 Å². The Bertz CT molecular complexity index is 1550. The lowest BCUT2D eigenvalue weighted by atomic mass is 10.1. The highest BCUT2D eigenvalue weighted by atomic mass is 32.1. The third-order valence-electron chi connectivity index (χ3n) is 5.40. The lowest BCUT2D eigenvalue weighted by Crippen LogP contribution is -2.20. The Morgan fingerprint density at radius 2 is 1.85 bits per heavy atom. The maximum Gasteiger partial charge on any atom is 0.311 e. The summed E-state index contributed by atoms with van der Waals surface area (Å²) < 4.78 is 7.18. The summed E-state index contributed by atoms with van der Waals surface area (Å²) in [6.07, 6.45) is -0.0820. The van der Waals surface area contributed by atoms with Gasteiger partial charge in [0, 0.05) is 5.39 Å². The predicted octanol–water partition coefficient (Wildman–Crippen LogP) is 4.78. The highest BCUT2D eigenvalue weighted by molar-refractivity contribution is 7.20. The summed E-state index contributed by atoms with van der Waals surface area (Å²) in [6, 6.07) is 21.5. The van der Waals surface area contributed by atoms with Crippen LogP contribution in [-0.2, 0) is 16.0 Å². The molecular formula is C25H20N4O3S. The Hall–Kier alpha value is -4.04. The van der Waals surface area contributed by atoms with E-state index in [0.717, 1.165) is 26.7 Å². The molecule has 7 nitrogen and oxygen atoms in total. The number of nitrogens with zero attached hydrogens (tertiary/aromatic N) is 3. The van der Waals surface area contributed by atoms with Crippen molar-refractivity contribution in [1.82, 2.24) is 14.8 Å². The van der Waals surface area contributed by atoms with Crippen molar-refractivity contribution in [2.75, 3.05) is 7.11 Å². The van der Waals surface area contributed by atoms with Gasteiger partial charge in [0.25, 0.3) is 5.56 Å². The number of hydrogen-bond acceptors (Lipinski definition) is 6. The smallest absolute Gasteiger partial charge is 0.311 e. The molecule has 0 aliphatic heterocycles. The third kappa shape index (κ3) is 3.85. The number of thiazole rings is 1. The highest BCUT2D eigenvalue weighted by Gasteiger charge is 2.22. The Morgan fingerprint density at radius 3 is 2.67 bits per heavy atom. The van der Waals surface area contributed by atoms with Gasteiger partial charge in [0.15, 0.2) is 0 Å². The van der Waals surface area contributed by atoms with Crippen LogP contribution in [0.15, 0.2) is 76.5 Å². The first-order valence-corrected chi connectivity index (χ1v) is 11.2. The van der Waals surface area contributed by atoms with Crippen molar-refractivity contribution in [2.45, 2.75) is 13.3 Å². The lowest BCUT2D eigenvalue weighted by molar-refractivity contribution is -0.139. The number of rotatable bonds is 5. The zero-order valence-electron chi connectivity index (χ0n) is 18.0. The van der Waals surface area contributed by atoms with Crippen LogP contribution in [-0.4, -0.2) is 33.6 Å². The second kappa shape index (κ2) is 8.48. The van der Waals surface area contributed by atoms with E-state index in [2.05, 4.69) is 10.1 Å². The van der Waals surface area contributed by atoms with Crippen LogP contribution in [0.1, 0.15) is 18.2 Å². The maximum absolute atomic E-state index is 13.5. The molecule has 164 valence electrons. The molecule has 0 amide bonds. The van der Waals surface area contributed by atoms with E-state index in [1.54, 1.807) is 6.92 Å². The SMILES string of the molecule is COC(=O)Cc1[nH]n(-c2nc3ccccc3s2)c(=O)c1C(C)=Nc1cccc2ccccc12. The second-order valence-electron chi connectivity index (χ2n) is 7.52. The van der Waals surface area contributed by atoms with Gasteiger partial charge in [0.05, 0.1) is 46.4 Å². The zero-order chi connectivity index (χ0) is 22.9. The monoisotopic (exact) mass is 456 g/mol. The minimum Gasteiger partial charge on any atom is -0.469 e. The number of carbonyl (C=O) groups is 1. The van der Waals surface area contributed by atoms with Crippen molar-refractivity contribution in [3.8, 4) is 5.13 Å². The van der Waals surface area contributed by atoms with Crippen molar-refractivity contribution < 1.29 is 9.53 Å². The van der Waals surface area contributed by atoms with Crippen LogP contribution in [0.5, 0.6) is 0 Å². The van der Waals surface area contributed by atoms with Crippen LogP contribution >= 0.6 is 11.3 Å². The summed E-state index contributed by atoms with van der Waals surface area (Å²) in [5.74, 6) is -0.452. The number of aliphatic imine (C=N–C) groups is 1. The van der Waals surface area contributed by atoms with Gasteiger partial charge >= 0.3 is 5.97 Å². The van der Waals surface area contributed by atoms with Crippen LogP contribution in [0.2, 0.25) is 0 Å². The van der Waals surface area contributed by atoms with Gasteiger partial charge in [-0.15, -0.1) is 0 Å². The van der Waals surface area contributed by atoms with Crippen molar-refractivity contribution in [3.63, 3.8) is 0 Å². The Labute approximate surface area is 193 Å². The van der Waals surface area contributed by atoms with Crippen molar-refractivity contribution in [1.29, 1.82) is 0 Å². The molecule has 3 aromatic carbocycles. The molecule has 0 spiro atoms. The van der Waals surface area contributed by atoms with Gasteiger partial charge < -0.3 is 4.74 Å². The van der Waals surface area contributed by atoms with E-state index in [4.69, 9.17) is 9.73 Å². The normalized spacial score (nSPS) is 11.9. The van der Waals surface area contributed by atoms with Gasteiger partial charge in [-0.3, -0.25) is 19.7 Å². The Morgan fingerprint density at radius 1 is 1.09 bits per heavy atom. The zero-order valence-corrected chi connectivity index (χ0v) is 18.8. The van der Waals surface area contributed by atoms with E-state index in [-0.39, 0.29) is 12.0 Å². The largest absolute Gasteiger partial charge is 0.469 e. The van der Waals surface area contributed by atoms with Crippen molar-refractivity contribution in [3.05, 3.63) is 88.3 Å². The summed E-state index contributed by atoms with van der Waals surface area (Å²) in [6.45, 7) is 1.77. The van der Waals surface area contributed by atoms with E-state index in [1.165, 1.54) is 23.1 Å². The number of methoxy groups -OCH3 is 1. The van der Waals surface area contributed by atoms with Gasteiger partial charge in [-0.2, -0.15) is 4.68 Å². The minimum atomic E-state index is -0.452. The number of para-hydroxylation sites is 1. The number of esters is 1. The second-order valence-corrected chi connectivity index (χ2v) is 8.53. The highest BCUT2D eigenvalue weighted by Crippen LogP contribution is 2.27. The first kappa shape index (κ1) is 20.8. The molecule has 0 bridgehead atoms. The molecule has 5 rings (SSSR count). The van der Waals surface area contributed by atoms with E-state index >= 15 is 0 Å². The number of fused-ring (bicyclic) bond motifs is 2. The van der Waals surface area contributed by atoms with E-state index in [0.29, 0.717) is 22.1 Å². The predicted molar refractivity (Wildman–Crippen MR) is 131 cm³/mol. The Kier molecular flexibility index (Phi) is 5.35. The molecule has 2 heterocycles. The maximum atomic E-state index is 13.5. The third-order valence-corrected chi connectivity index (χ3v) is 6.43. The first-order valence-electron chi connectivity index (χ1n) is 10.3. The molecule has 0 atom stereocenters. The number of carbonyl (C=O) groups excluding carboxylic acids is 1. The standard InChI is InChI=1S/C25H20N4O3S/c1-15(26-18-12-7-9-16-8-3-4-10-17(16)18)23-20(14-22(30)32-2)28-29(24(23)31)25-27-19-11-5-6-13-21(19)33-25/h3-13,28H,14H2,1-2H3. The van der Waals surface area contributed by atoms with Crippen LogP contribution < -0.4 is 5.56 Å². The molecule has 33 heavy (non-hydrogen) atoms. The van der Waals surface area contributed by atoms with Crippen molar-refractivity contribution in [2.24, 2.45) is 4.99 Å². The van der Waals surface area contributed by atoms with Crippen LogP contribution in [0, 0.1) is 0 Å². The molecular weight excluding hydrogens is 436 g/mol. The average Bonchev–Trinajstić information content (AvgIpc) is 3.39. The quantitative estimate of drug-likeness (QED) is 0.304. The van der Waals surface area contributed by atoms with Gasteiger partial charge in [0.2, 0.25) is 5.13 Å². The van der Waals surface area contributed by atoms with Crippen molar-refractivity contribution >= 4 is 49.7 Å². The summed E-state index contributed by atoms with van der Waals surface area (Å²) in [5, 5.41) is 5.60. The van der Waals surface area contributed by atoms with E-state index in [1.807, 2.05) is 66.7 Å². The van der Waals surface area contributed by atoms with Crippen LogP contribution in [0.4, 0.5) is 5.69 Å². The van der Waals surface area contributed by atoms with Gasteiger partial charge in [0.1, 0.15) is 0 Å². The fourth-order valence-corrected chi connectivity index (χ4v) is 4.76. The molecule has 5 aromatic rings. The Balaban J connectivity index is 1.67. The lowest BCUT2D eigenvalue weighted by Gasteiger charge is -2.04. The number of H-pyrrole nitrogens is 1. The molecule has 0 aliphatic rings. The molecule has 2 aromatic heterocycles. The number of aromatic amines is 1. The molecule has 0 saturated carbocycles. The summed E-state index contributed by atoms with van der Waals surface area (Å²) in [5.41, 5.74) is 2.53. The first-order chi connectivity index (χ1) is 16.0. The molecule has 0 radical (unpaired) electrons. The van der Waals surface area contributed by atoms with E-state index in [9.17, 15) is 9.59 Å². The number of hydrogen-bond donors (Lipinski definition) is 1. The topological polar surface area (TPSA) is 89.3 Å². The van der Waals surface area contributed by atoms with Gasteiger partial charge in [-0.25, -0.2) is 4.98 Å². The number of aromatic nitrogens is 3. The molecule has 0 fully saturated rings. The average molecular weight is 457 g/mol. The molecule has 0 aliphatic carbocycles. The fourth-order valence-electron chi connectivity index (χ4n) is 3.83. The summed E-state index contributed by atoms with van der Waals surface area (Å²) >= 11 is 1.39. The van der Waals surface area contributed by atoms with Crippen LogP contribution in [0.3, 0.4) is 0 Å². The number of ether oxygens (including phenoxy) is 1. The van der Waals surface area contributed by atoms with E-state index < -0.39 is 5.97 Å².